The largest absolute Gasteiger partial charge is 0.395 e. The lowest BCUT2D eigenvalue weighted by Crippen LogP contribution is -2.44. The number of aliphatic hydroxyl groups is 1. The van der Waals surface area contributed by atoms with Gasteiger partial charge in [-0.05, 0) is 17.7 Å². The van der Waals surface area contributed by atoms with Crippen LogP contribution in [0.2, 0.25) is 0 Å². The Balaban J connectivity index is 2.35. The van der Waals surface area contributed by atoms with Crippen LogP contribution < -0.4 is 0 Å². The number of halogens is 2. The Bertz CT molecular complexity index is 375. The van der Waals surface area contributed by atoms with Gasteiger partial charge in [-0.2, -0.15) is 0 Å². The van der Waals surface area contributed by atoms with E-state index in [1.54, 1.807) is 0 Å². The summed E-state index contributed by atoms with van der Waals surface area (Å²) in [6.45, 7) is 0.382. The Morgan fingerprint density at radius 3 is 2.44 bits per heavy atom. The Kier molecular flexibility index (Phi) is 3.18. The third-order valence-electron chi connectivity index (χ3n) is 2.76. The second kappa shape index (κ2) is 4.45. The van der Waals surface area contributed by atoms with Crippen LogP contribution in [0.5, 0.6) is 0 Å². The Morgan fingerprint density at radius 2 is 1.88 bits per heavy atom. The Morgan fingerprint density at radius 1 is 1.19 bits per heavy atom. The molecule has 0 bridgehead atoms. The van der Waals surface area contributed by atoms with E-state index in [1.165, 1.54) is 6.07 Å². The predicted molar refractivity (Wildman–Crippen MR) is 51.9 cm³/mol. The molecule has 1 aliphatic heterocycles. The van der Waals surface area contributed by atoms with Gasteiger partial charge in [-0.1, -0.05) is 6.07 Å². The lowest BCUT2D eigenvalue weighted by atomic mass is 9.82. The molecular weight excluding hydrogens is 218 g/mol. The quantitative estimate of drug-likeness (QED) is 0.829. The summed E-state index contributed by atoms with van der Waals surface area (Å²) in [6, 6.07) is 3.55. The number of benzene rings is 1. The SMILES string of the molecule is OCC1(c2ccc(F)c(F)c2)COCOC1. The first-order valence-corrected chi connectivity index (χ1v) is 4.90. The van der Waals surface area contributed by atoms with Crippen LogP contribution in [-0.2, 0) is 14.9 Å². The minimum absolute atomic E-state index is 0.158. The van der Waals surface area contributed by atoms with Gasteiger partial charge in [0.25, 0.3) is 0 Å². The highest BCUT2D eigenvalue weighted by Gasteiger charge is 2.35. The van der Waals surface area contributed by atoms with Crippen LogP contribution in [0.15, 0.2) is 18.2 Å². The van der Waals surface area contributed by atoms with E-state index < -0.39 is 17.0 Å². The lowest BCUT2D eigenvalue weighted by molar-refractivity contribution is -0.147. The van der Waals surface area contributed by atoms with Crippen LogP contribution in [-0.4, -0.2) is 31.7 Å². The summed E-state index contributed by atoms with van der Waals surface area (Å²) in [4.78, 5) is 0. The van der Waals surface area contributed by atoms with Crippen LogP contribution in [0.3, 0.4) is 0 Å². The highest BCUT2D eigenvalue weighted by atomic mass is 19.2. The molecule has 0 aromatic heterocycles. The molecule has 88 valence electrons. The van der Waals surface area contributed by atoms with Gasteiger partial charge in [-0.15, -0.1) is 0 Å². The summed E-state index contributed by atoms with van der Waals surface area (Å²) < 4.78 is 36.1. The van der Waals surface area contributed by atoms with E-state index in [0.29, 0.717) is 5.56 Å². The summed E-state index contributed by atoms with van der Waals surface area (Å²) in [7, 11) is 0. The zero-order valence-electron chi connectivity index (χ0n) is 8.58. The Hall–Kier alpha value is -1.04. The highest BCUT2D eigenvalue weighted by molar-refractivity contribution is 5.28. The third-order valence-corrected chi connectivity index (χ3v) is 2.76. The van der Waals surface area contributed by atoms with Gasteiger partial charge in [0.1, 0.15) is 6.79 Å². The van der Waals surface area contributed by atoms with Crippen molar-refractivity contribution in [1.82, 2.24) is 0 Å². The summed E-state index contributed by atoms with van der Waals surface area (Å²) in [5, 5.41) is 9.38. The minimum atomic E-state index is -0.934. The van der Waals surface area contributed by atoms with Crippen molar-refractivity contribution in [3.05, 3.63) is 35.4 Å². The van der Waals surface area contributed by atoms with E-state index in [4.69, 9.17) is 9.47 Å². The molecule has 1 aliphatic rings. The molecule has 1 N–H and O–H groups in total. The number of aliphatic hydroxyl groups excluding tert-OH is 1. The second-order valence-electron chi connectivity index (χ2n) is 3.88. The van der Waals surface area contributed by atoms with Gasteiger partial charge in [0.15, 0.2) is 11.6 Å². The van der Waals surface area contributed by atoms with Gasteiger partial charge in [0, 0.05) is 0 Å². The molecule has 2 rings (SSSR count). The molecule has 16 heavy (non-hydrogen) atoms. The van der Waals surface area contributed by atoms with E-state index >= 15 is 0 Å². The fourth-order valence-electron chi connectivity index (χ4n) is 1.75. The first-order chi connectivity index (χ1) is 7.68. The van der Waals surface area contributed by atoms with Crippen LogP contribution >= 0.6 is 0 Å². The molecule has 0 saturated carbocycles. The smallest absolute Gasteiger partial charge is 0.159 e. The molecule has 0 radical (unpaired) electrons. The molecule has 0 aliphatic carbocycles. The number of ether oxygens (including phenoxy) is 2. The van der Waals surface area contributed by atoms with Crippen molar-refractivity contribution in [2.75, 3.05) is 26.6 Å². The zero-order chi connectivity index (χ0) is 11.6. The molecule has 0 spiro atoms. The number of hydrogen-bond acceptors (Lipinski definition) is 3. The summed E-state index contributed by atoms with van der Waals surface area (Å²) in [5.41, 5.74) is -0.319. The first-order valence-electron chi connectivity index (χ1n) is 4.90. The fraction of sp³-hybridized carbons (Fsp3) is 0.455. The standard InChI is InChI=1S/C11H12F2O3/c12-9-2-1-8(3-10(9)13)11(4-14)5-15-7-16-6-11/h1-3,14H,4-7H2. The maximum absolute atomic E-state index is 13.1. The van der Waals surface area contributed by atoms with E-state index in [2.05, 4.69) is 0 Å². The fourth-order valence-corrected chi connectivity index (χ4v) is 1.75. The predicted octanol–water partition coefficient (Wildman–Crippen LogP) is 1.20. The maximum atomic E-state index is 13.1. The van der Waals surface area contributed by atoms with Crippen LogP contribution in [0.25, 0.3) is 0 Å². The van der Waals surface area contributed by atoms with Crippen molar-refractivity contribution >= 4 is 0 Å². The molecule has 1 fully saturated rings. The average molecular weight is 230 g/mol. The molecule has 0 amide bonds. The van der Waals surface area contributed by atoms with Crippen molar-refractivity contribution in [2.24, 2.45) is 0 Å². The molecule has 1 saturated heterocycles. The Labute approximate surface area is 91.6 Å². The molecule has 1 aromatic rings. The van der Waals surface area contributed by atoms with Crippen LogP contribution in [0, 0.1) is 11.6 Å². The van der Waals surface area contributed by atoms with Crippen molar-refractivity contribution < 1.29 is 23.4 Å². The summed E-state index contributed by atoms with van der Waals surface area (Å²) in [6.07, 6.45) is 0. The molecule has 1 aromatic carbocycles. The zero-order valence-corrected chi connectivity index (χ0v) is 8.58. The van der Waals surface area contributed by atoms with Crippen molar-refractivity contribution in [2.45, 2.75) is 5.41 Å². The monoisotopic (exact) mass is 230 g/mol. The van der Waals surface area contributed by atoms with E-state index in [9.17, 15) is 13.9 Å². The second-order valence-corrected chi connectivity index (χ2v) is 3.88. The van der Waals surface area contributed by atoms with Gasteiger partial charge in [-0.25, -0.2) is 8.78 Å². The molecule has 3 nitrogen and oxygen atoms in total. The van der Waals surface area contributed by atoms with Gasteiger partial charge in [0.05, 0.1) is 25.2 Å². The van der Waals surface area contributed by atoms with Gasteiger partial charge in [-0.3, -0.25) is 0 Å². The minimum Gasteiger partial charge on any atom is -0.395 e. The maximum Gasteiger partial charge on any atom is 0.159 e. The average Bonchev–Trinajstić information content (AvgIpc) is 2.33. The molecule has 0 unspecified atom stereocenters. The topological polar surface area (TPSA) is 38.7 Å². The van der Waals surface area contributed by atoms with Crippen LogP contribution in [0.4, 0.5) is 8.78 Å². The van der Waals surface area contributed by atoms with Crippen LogP contribution in [0.1, 0.15) is 5.56 Å². The molecular formula is C11H12F2O3. The third kappa shape index (κ3) is 1.93. The van der Waals surface area contributed by atoms with Gasteiger partial charge >= 0.3 is 0 Å². The van der Waals surface area contributed by atoms with Gasteiger partial charge < -0.3 is 14.6 Å². The molecule has 1 heterocycles. The van der Waals surface area contributed by atoms with Gasteiger partial charge in [0.2, 0.25) is 0 Å². The van der Waals surface area contributed by atoms with E-state index in [0.717, 1.165) is 12.1 Å². The normalized spacial score (nSPS) is 19.7. The lowest BCUT2D eigenvalue weighted by Gasteiger charge is -2.35. The first kappa shape index (κ1) is 11.4. The number of rotatable bonds is 2. The summed E-state index contributed by atoms with van der Waals surface area (Å²) >= 11 is 0. The van der Waals surface area contributed by atoms with E-state index in [-0.39, 0.29) is 26.6 Å². The van der Waals surface area contributed by atoms with Crippen molar-refractivity contribution in [1.29, 1.82) is 0 Å². The molecule has 5 heteroatoms. The number of hydrogen-bond donors (Lipinski definition) is 1. The highest BCUT2D eigenvalue weighted by Crippen LogP contribution is 2.28. The summed E-state index contributed by atoms with van der Waals surface area (Å²) in [5.74, 6) is -1.84. The van der Waals surface area contributed by atoms with E-state index in [1.807, 2.05) is 0 Å². The molecule has 0 atom stereocenters. The van der Waals surface area contributed by atoms with Crippen molar-refractivity contribution in [3.63, 3.8) is 0 Å². The van der Waals surface area contributed by atoms with Crippen molar-refractivity contribution in [3.8, 4) is 0 Å².